The quantitative estimate of drug-likeness (QED) is 0.534. The lowest BCUT2D eigenvalue weighted by atomic mass is 10.2. The van der Waals surface area contributed by atoms with Crippen LogP contribution in [0, 0.1) is 0 Å². The van der Waals surface area contributed by atoms with Crippen molar-refractivity contribution in [1.29, 1.82) is 0 Å². The zero-order valence-corrected chi connectivity index (χ0v) is 7.74. The molecule has 0 amide bonds. The van der Waals surface area contributed by atoms with Gasteiger partial charge in [-0.25, -0.2) is 0 Å². The molecule has 1 fully saturated rings. The van der Waals surface area contributed by atoms with Gasteiger partial charge in [-0.3, -0.25) is 4.79 Å². The van der Waals surface area contributed by atoms with Gasteiger partial charge in [-0.05, 0) is 12.5 Å². The molecule has 58 valence electrons. The molecule has 0 radical (unpaired) electrons. The minimum atomic E-state index is -1.15. The molecule has 3 heteroatoms. The van der Waals surface area contributed by atoms with Crippen LogP contribution in [0.4, 0.5) is 0 Å². The summed E-state index contributed by atoms with van der Waals surface area (Å²) in [5.74, 6) is 0.387. The molecule has 1 N–H and O–H groups in total. The molecule has 0 saturated carbocycles. The van der Waals surface area contributed by atoms with Crippen molar-refractivity contribution >= 4 is 14.0 Å². The average Bonchev–Trinajstić information content (AvgIpc) is 1.94. The van der Waals surface area contributed by atoms with E-state index in [4.69, 9.17) is 0 Å². The summed E-state index contributed by atoms with van der Waals surface area (Å²) in [4.78, 5) is 14.3. The molecule has 2 nitrogen and oxygen atoms in total. The maximum atomic E-state index is 10.9. The molecule has 0 aromatic carbocycles. The lowest BCUT2D eigenvalue weighted by Gasteiger charge is -2.19. The van der Waals surface area contributed by atoms with Gasteiger partial charge in [0.15, 0.2) is 0 Å². The van der Waals surface area contributed by atoms with Crippen LogP contribution < -0.4 is 4.98 Å². The SMILES string of the molecule is C[Si]1(C)CCCC(=O)CN1. The number of rotatable bonds is 0. The third-order valence-corrected chi connectivity index (χ3v) is 4.76. The number of nitrogens with one attached hydrogen (secondary N) is 1. The maximum Gasteiger partial charge on any atom is 0.145 e. The van der Waals surface area contributed by atoms with Gasteiger partial charge < -0.3 is 4.98 Å². The minimum Gasteiger partial charge on any atom is -0.331 e. The van der Waals surface area contributed by atoms with Gasteiger partial charge in [0.25, 0.3) is 0 Å². The van der Waals surface area contributed by atoms with Crippen LogP contribution in [0.15, 0.2) is 0 Å². The van der Waals surface area contributed by atoms with E-state index in [1.165, 1.54) is 6.04 Å². The molecule has 1 aliphatic heterocycles. The van der Waals surface area contributed by atoms with Gasteiger partial charge in [0.2, 0.25) is 0 Å². The molecule has 1 saturated heterocycles. The highest BCUT2D eigenvalue weighted by Gasteiger charge is 2.23. The van der Waals surface area contributed by atoms with Gasteiger partial charge in [0, 0.05) is 13.0 Å². The van der Waals surface area contributed by atoms with Crippen LogP contribution in [0.25, 0.3) is 0 Å². The van der Waals surface area contributed by atoms with E-state index in [1.807, 2.05) is 0 Å². The zero-order chi connectivity index (χ0) is 7.61. The van der Waals surface area contributed by atoms with E-state index in [0.717, 1.165) is 12.8 Å². The molecule has 10 heavy (non-hydrogen) atoms. The molecular weight excluding hydrogens is 142 g/mol. The van der Waals surface area contributed by atoms with E-state index in [0.29, 0.717) is 12.3 Å². The fourth-order valence-electron chi connectivity index (χ4n) is 1.24. The Morgan fingerprint density at radius 1 is 1.50 bits per heavy atom. The zero-order valence-electron chi connectivity index (χ0n) is 6.74. The van der Waals surface area contributed by atoms with E-state index < -0.39 is 8.24 Å². The monoisotopic (exact) mass is 157 g/mol. The Kier molecular flexibility index (Phi) is 2.26. The van der Waals surface area contributed by atoms with Crippen LogP contribution in [0.1, 0.15) is 12.8 Å². The van der Waals surface area contributed by atoms with Crippen molar-refractivity contribution in [2.24, 2.45) is 0 Å². The van der Waals surface area contributed by atoms with E-state index in [9.17, 15) is 4.79 Å². The Hall–Kier alpha value is -0.153. The Bertz CT molecular complexity index is 145. The van der Waals surface area contributed by atoms with Crippen LogP contribution in [0.3, 0.4) is 0 Å². The van der Waals surface area contributed by atoms with E-state index in [2.05, 4.69) is 18.1 Å². The van der Waals surface area contributed by atoms with Crippen molar-refractivity contribution in [2.45, 2.75) is 32.0 Å². The number of hydrogen-bond acceptors (Lipinski definition) is 2. The maximum absolute atomic E-state index is 10.9. The van der Waals surface area contributed by atoms with E-state index in [-0.39, 0.29) is 0 Å². The molecule has 1 heterocycles. The first-order valence-corrected chi connectivity index (χ1v) is 7.08. The summed E-state index contributed by atoms with van der Waals surface area (Å²) in [7, 11) is -1.15. The largest absolute Gasteiger partial charge is 0.331 e. The second kappa shape index (κ2) is 2.84. The summed E-state index contributed by atoms with van der Waals surface area (Å²) in [5.41, 5.74) is 0. The fourth-order valence-corrected chi connectivity index (χ4v) is 3.16. The molecule has 0 bridgehead atoms. The Morgan fingerprint density at radius 3 is 2.90 bits per heavy atom. The summed E-state index contributed by atoms with van der Waals surface area (Å²) in [6, 6.07) is 1.25. The lowest BCUT2D eigenvalue weighted by molar-refractivity contribution is -0.117. The van der Waals surface area contributed by atoms with Crippen molar-refractivity contribution in [1.82, 2.24) is 4.98 Å². The average molecular weight is 157 g/mol. The highest BCUT2D eigenvalue weighted by molar-refractivity contribution is 6.75. The summed E-state index contributed by atoms with van der Waals surface area (Å²) in [6.07, 6.45) is 1.90. The number of carbonyl (C=O) groups excluding carboxylic acids is 1. The third kappa shape index (κ3) is 2.23. The summed E-state index contributed by atoms with van der Waals surface area (Å²) in [5, 5.41) is 0. The van der Waals surface area contributed by atoms with Gasteiger partial charge in [0.1, 0.15) is 14.0 Å². The summed E-state index contributed by atoms with van der Waals surface area (Å²) in [6.45, 7) is 5.19. The van der Waals surface area contributed by atoms with E-state index >= 15 is 0 Å². The van der Waals surface area contributed by atoms with Crippen molar-refractivity contribution in [3.8, 4) is 0 Å². The standard InChI is InChI=1S/C7H15NOSi/c1-10(2)5-3-4-7(9)6-8-10/h8H,3-6H2,1-2H3. The third-order valence-electron chi connectivity index (χ3n) is 2.02. The van der Waals surface area contributed by atoms with Gasteiger partial charge in [0.05, 0.1) is 0 Å². The van der Waals surface area contributed by atoms with Gasteiger partial charge in [-0.1, -0.05) is 13.1 Å². The first kappa shape index (κ1) is 7.95. The van der Waals surface area contributed by atoms with Crippen molar-refractivity contribution < 1.29 is 4.79 Å². The van der Waals surface area contributed by atoms with Crippen molar-refractivity contribution in [3.05, 3.63) is 0 Å². The van der Waals surface area contributed by atoms with Gasteiger partial charge >= 0.3 is 0 Å². The minimum absolute atomic E-state index is 0.387. The Balaban J connectivity index is 2.48. The molecule has 1 aliphatic rings. The number of hydrogen-bond donors (Lipinski definition) is 1. The summed E-state index contributed by atoms with van der Waals surface area (Å²) < 4.78 is 0. The Morgan fingerprint density at radius 2 is 2.20 bits per heavy atom. The van der Waals surface area contributed by atoms with Crippen LogP contribution in [-0.4, -0.2) is 20.6 Å². The smallest absolute Gasteiger partial charge is 0.145 e. The number of ketones is 1. The second-order valence-corrected chi connectivity index (χ2v) is 8.25. The molecule has 0 aliphatic carbocycles. The molecule has 0 atom stereocenters. The topological polar surface area (TPSA) is 29.1 Å². The first-order valence-electron chi connectivity index (χ1n) is 3.87. The van der Waals surface area contributed by atoms with Gasteiger partial charge in [-0.15, -0.1) is 0 Å². The van der Waals surface area contributed by atoms with Crippen LogP contribution in [-0.2, 0) is 4.79 Å². The molecule has 1 rings (SSSR count). The molecule has 0 spiro atoms. The number of carbonyl (C=O) groups is 1. The lowest BCUT2D eigenvalue weighted by Crippen LogP contribution is -2.44. The van der Waals surface area contributed by atoms with Crippen LogP contribution in [0.2, 0.25) is 19.1 Å². The van der Waals surface area contributed by atoms with Crippen LogP contribution >= 0.6 is 0 Å². The first-order chi connectivity index (χ1) is 4.60. The summed E-state index contributed by atoms with van der Waals surface area (Å²) >= 11 is 0. The predicted octanol–water partition coefficient (Wildman–Crippen LogP) is 1.14. The number of Topliss-reactive ketones (excluding diaryl/α,β-unsaturated/α-hetero) is 1. The Labute approximate surface area is 63.1 Å². The molecule has 0 aromatic rings. The molecule has 0 aromatic heterocycles. The molecule has 0 unspecified atom stereocenters. The second-order valence-electron chi connectivity index (χ2n) is 3.63. The molecular formula is C7H15NOSi. The van der Waals surface area contributed by atoms with Gasteiger partial charge in [-0.2, -0.15) is 0 Å². The predicted molar refractivity (Wildman–Crippen MR) is 44.5 cm³/mol. The highest BCUT2D eigenvalue weighted by atomic mass is 28.3. The van der Waals surface area contributed by atoms with Crippen molar-refractivity contribution in [3.63, 3.8) is 0 Å². The fraction of sp³-hybridized carbons (Fsp3) is 0.857. The normalized spacial score (nSPS) is 26.0. The van der Waals surface area contributed by atoms with Crippen molar-refractivity contribution in [2.75, 3.05) is 6.54 Å². The highest BCUT2D eigenvalue weighted by Crippen LogP contribution is 2.13. The van der Waals surface area contributed by atoms with Crippen LogP contribution in [0.5, 0.6) is 0 Å². The van der Waals surface area contributed by atoms with E-state index in [1.54, 1.807) is 0 Å².